The Balaban J connectivity index is 1.89. The second-order valence-corrected chi connectivity index (χ2v) is 8.82. The SMILES string of the molecule is CC(C)CN(c1ccc(OCC(=O)O)cc1NC(=O)Cc1ccc(Cl)cc1F)C1CCOC1. The minimum absolute atomic E-state index is 0.141. The molecule has 0 bridgehead atoms. The summed E-state index contributed by atoms with van der Waals surface area (Å²) in [5.41, 5.74) is 1.46. The van der Waals surface area contributed by atoms with Crippen LogP contribution in [0, 0.1) is 11.7 Å². The maximum Gasteiger partial charge on any atom is 0.341 e. The van der Waals surface area contributed by atoms with Gasteiger partial charge in [-0.2, -0.15) is 0 Å². The molecule has 2 aromatic rings. The van der Waals surface area contributed by atoms with Gasteiger partial charge in [0, 0.05) is 24.2 Å². The Morgan fingerprint density at radius 2 is 2.09 bits per heavy atom. The monoisotopic (exact) mass is 478 g/mol. The van der Waals surface area contributed by atoms with Crippen molar-refractivity contribution < 1.29 is 28.6 Å². The molecule has 1 atom stereocenters. The van der Waals surface area contributed by atoms with Gasteiger partial charge in [-0.25, -0.2) is 9.18 Å². The average Bonchev–Trinajstić information content (AvgIpc) is 3.27. The number of halogens is 2. The number of nitrogens with zero attached hydrogens (tertiary/aromatic N) is 1. The van der Waals surface area contributed by atoms with Crippen molar-refractivity contribution in [1.82, 2.24) is 0 Å². The smallest absolute Gasteiger partial charge is 0.341 e. The van der Waals surface area contributed by atoms with Crippen LogP contribution in [-0.4, -0.2) is 49.4 Å². The number of rotatable bonds is 10. The largest absolute Gasteiger partial charge is 0.482 e. The molecule has 1 unspecified atom stereocenters. The van der Waals surface area contributed by atoms with Gasteiger partial charge in [0.25, 0.3) is 0 Å². The van der Waals surface area contributed by atoms with Crippen LogP contribution in [0.15, 0.2) is 36.4 Å². The first-order valence-electron chi connectivity index (χ1n) is 10.8. The summed E-state index contributed by atoms with van der Waals surface area (Å²) < 4.78 is 25.1. The highest BCUT2D eigenvalue weighted by atomic mass is 35.5. The summed E-state index contributed by atoms with van der Waals surface area (Å²) >= 11 is 5.80. The molecule has 0 aromatic heterocycles. The fraction of sp³-hybridized carbons (Fsp3) is 0.417. The number of carbonyl (C=O) groups is 2. The van der Waals surface area contributed by atoms with E-state index in [1.807, 2.05) is 0 Å². The van der Waals surface area contributed by atoms with Crippen LogP contribution in [0.1, 0.15) is 25.8 Å². The lowest BCUT2D eigenvalue weighted by molar-refractivity contribution is -0.139. The molecule has 0 radical (unpaired) electrons. The lowest BCUT2D eigenvalue weighted by Gasteiger charge is -2.33. The Morgan fingerprint density at radius 1 is 1.30 bits per heavy atom. The molecule has 1 fully saturated rings. The number of ether oxygens (including phenoxy) is 2. The number of hydrogen-bond acceptors (Lipinski definition) is 5. The van der Waals surface area contributed by atoms with Gasteiger partial charge in [0.05, 0.1) is 30.4 Å². The minimum atomic E-state index is -1.10. The van der Waals surface area contributed by atoms with Crippen molar-refractivity contribution in [2.45, 2.75) is 32.7 Å². The Labute approximate surface area is 197 Å². The summed E-state index contributed by atoms with van der Waals surface area (Å²) in [7, 11) is 0. The first kappa shape index (κ1) is 24.8. The quantitative estimate of drug-likeness (QED) is 0.527. The number of nitrogens with one attached hydrogen (secondary N) is 1. The zero-order valence-electron chi connectivity index (χ0n) is 18.6. The molecule has 178 valence electrons. The summed E-state index contributed by atoms with van der Waals surface area (Å²) in [6.07, 6.45) is 0.673. The van der Waals surface area contributed by atoms with Crippen LogP contribution in [-0.2, 0) is 20.7 Å². The van der Waals surface area contributed by atoms with Crippen LogP contribution >= 0.6 is 11.6 Å². The Hall–Kier alpha value is -2.84. The molecule has 0 aliphatic carbocycles. The number of carboxylic acid groups (broad SMARTS) is 1. The van der Waals surface area contributed by atoms with Gasteiger partial charge in [0.15, 0.2) is 6.61 Å². The minimum Gasteiger partial charge on any atom is -0.482 e. The number of anilines is 2. The lowest BCUT2D eigenvalue weighted by atomic mass is 10.1. The second kappa shape index (κ2) is 11.3. The molecule has 2 aromatic carbocycles. The van der Waals surface area contributed by atoms with Crippen molar-refractivity contribution in [2.24, 2.45) is 5.92 Å². The molecule has 0 saturated carbocycles. The summed E-state index contributed by atoms with van der Waals surface area (Å²) in [5, 5.41) is 12.0. The molecule has 33 heavy (non-hydrogen) atoms. The Kier molecular flexibility index (Phi) is 8.52. The highest BCUT2D eigenvalue weighted by molar-refractivity contribution is 6.30. The fourth-order valence-electron chi connectivity index (χ4n) is 3.74. The predicted molar refractivity (Wildman–Crippen MR) is 125 cm³/mol. The normalized spacial score (nSPS) is 15.5. The van der Waals surface area contributed by atoms with E-state index in [9.17, 15) is 14.0 Å². The predicted octanol–water partition coefficient (Wildman–Crippen LogP) is 4.38. The number of carboxylic acids is 1. The topological polar surface area (TPSA) is 88.1 Å². The van der Waals surface area contributed by atoms with Crippen LogP contribution < -0.4 is 15.0 Å². The molecule has 2 N–H and O–H groups in total. The van der Waals surface area contributed by atoms with E-state index >= 15 is 0 Å². The summed E-state index contributed by atoms with van der Waals surface area (Å²) in [4.78, 5) is 25.9. The molecule has 3 rings (SSSR count). The van der Waals surface area contributed by atoms with Crippen molar-refractivity contribution in [3.05, 3.63) is 52.8 Å². The van der Waals surface area contributed by atoms with Gasteiger partial charge in [-0.05, 0) is 42.2 Å². The van der Waals surface area contributed by atoms with E-state index < -0.39 is 24.3 Å². The molecule has 0 spiro atoms. The van der Waals surface area contributed by atoms with Gasteiger partial charge < -0.3 is 24.8 Å². The number of amides is 1. The van der Waals surface area contributed by atoms with E-state index in [1.54, 1.807) is 18.2 Å². The highest BCUT2D eigenvalue weighted by Crippen LogP contribution is 2.34. The maximum absolute atomic E-state index is 14.2. The van der Waals surface area contributed by atoms with E-state index in [0.717, 1.165) is 18.7 Å². The number of benzene rings is 2. The van der Waals surface area contributed by atoms with Gasteiger partial charge in [0.2, 0.25) is 5.91 Å². The summed E-state index contributed by atoms with van der Waals surface area (Å²) in [6.45, 7) is 5.68. The second-order valence-electron chi connectivity index (χ2n) is 8.39. The van der Waals surface area contributed by atoms with Crippen LogP contribution in [0.3, 0.4) is 0 Å². The number of carbonyl (C=O) groups excluding carboxylic acids is 1. The van der Waals surface area contributed by atoms with Gasteiger partial charge in [-0.1, -0.05) is 31.5 Å². The van der Waals surface area contributed by atoms with Crippen LogP contribution in [0.5, 0.6) is 5.75 Å². The summed E-state index contributed by atoms with van der Waals surface area (Å²) in [6, 6.07) is 9.39. The standard InChI is InChI=1S/C24H28ClFN2O5/c1-15(2)12-28(18-7-8-32-13-18)22-6-5-19(33-14-24(30)31)11-21(22)27-23(29)9-16-3-4-17(25)10-20(16)26/h3-6,10-11,15,18H,7-9,12-14H2,1-2H3,(H,27,29)(H,30,31). The molecule has 9 heteroatoms. The van der Waals surface area contributed by atoms with Gasteiger partial charge >= 0.3 is 5.97 Å². The first-order chi connectivity index (χ1) is 15.7. The zero-order valence-corrected chi connectivity index (χ0v) is 19.4. The molecule has 1 aliphatic rings. The van der Waals surface area contributed by atoms with E-state index in [0.29, 0.717) is 30.6 Å². The van der Waals surface area contributed by atoms with Crippen molar-refractivity contribution in [2.75, 3.05) is 36.6 Å². The van der Waals surface area contributed by atoms with Gasteiger partial charge in [-0.3, -0.25) is 4.79 Å². The highest BCUT2D eigenvalue weighted by Gasteiger charge is 2.27. The Bertz CT molecular complexity index is 995. The third-order valence-corrected chi connectivity index (χ3v) is 5.42. The zero-order chi connectivity index (χ0) is 24.0. The fourth-order valence-corrected chi connectivity index (χ4v) is 3.90. The molecule has 7 nitrogen and oxygen atoms in total. The van der Waals surface area contributed by atoms with Crippen molar-refractivity contribution >= 4 is 34.9 Å². The lowest BCUT2D eigenvalue weighted by Crippen LogP contribution is -2.39. The van der Waals surface area contributed by atoms with Crippen molar-refractivity contribution in [1.29, 1.82) is 0 Å². The van der Waals surface area contributed by atoms with Crippen molar-refractivity contribution in [3.63, 3.8) is 0 Å². The molecule has 1 amide bonds. The van der Waals surface area contributed by atoms with E-state index in [-0.39, 0.29) is 23.0 Å². The number of hydrogen-bond donors (Lipinski definition) is 2. The summed E-state index contributed by atoms with van der Waals surface area (Å²) in [5.74, 6) is -1.42. The van der Waals surface area contributed by atoms with Crippen molar-refractivity contribution in [3.8, 4) is 5.75 Å². The molecule has 1 heterocycles. The molecule has 1 aliphatic heterocycles. The molecular weight excluding hydrogens is 451 g/mol. The first-order valence-corrected chi connectivity index (χ1v) is 11.2. The van der Waals surface area contributed by atoms with Gasteiger partial charge in [-0.15, -0.1) is 0 Å². The van der Waals surface area contributed by atoms with E-state index in [1.165, 1.54) is 18.2 Å². The third-order valence-electron chi connectivity index (χ3n) is 5.19. The van der Waals surface area contributed by atoms with Gasteiger partial charge in [0.1, 0.15) is 11.6 Å². The van der Waals surface area contributed by atoms with E-state index in [2.05, 4.69) is 24.1 Å². The number of aliphatic carboxylic acids is 1. The van der Waals surface area contributed by atoms with Crippen LogP contribution in [0.4, 0.5) is 15.8 Å². The maximum atomic E-state index is 14.2. The molecular formula is C24H28ClFN2O5. The van der Waals surface area contributed by atoms with Crippen LogP contribution in [0.2, 0.25) is 5.02 Å². The third kappa shape index (κ3) is 7.07. The van der Waals surface area contributed by atoms with Crippen LogP contribution in [0.25, 0.3) is 0 Å². The Morgan fingerprint density at radius 3 is 2.73 bits per heavy atom. The van der Waals surface area contributed by atoms with E-state index in [4.69, 9.17) is 26.2 Å². The average molecular weight is 479 g/mol. The molecule has 1 saturated heterocycles.